The Morgan fingerprint density at radius 1 is 0.714 bits per heavy atom. The van der Waals surface area contributed by atoms with E-state index in [1.165, 1.54) is 0 Å². The number of benzene rings is 2. The molecule has 0 aliphatic carbocycles. The highest BCUT2D eigenvalue weighted by atomic mass is 16.6. The third-order valence-corrected chi connectivity index (χ3v) is 3.03. The molecule has 2 aromatic rings. The molecule has 5 nitrogen and oxygen atoms in total. The van der Waals surface area contributed by atoms with E-state index in [0.717, 1.165) is 0 Å². The minimum absolute atomic E-state index is 0.573. The van der Waals surface area contributed by atoms with Crippen LogP contribution in [-0.4, -0.2) is 11.9 Å². The molecule has 0 fully saturated rings. The van der Waals surface area contributed by atoms with Gasteiger partial charge in [-0.2, -0.15) is 0 Å². The third-order valence-electron chi connectivity index (χ3n) is 3.03. The first kappa shape index (κ1) is 14.9. The lowest BCUT2D eigenvalue weighted by atomic mass is 10.1. The summed E-state index contributed by atoms with van der Waals surface area (Å²) >= 11 is 0. The van der Waals surface area contributed by atoms with Crippen LogP contribution in [0.3, 0.4) is 0 Å². The number of carbonyl (C=O) groups excluding carboxylic acids is 2. The van der Waals surface area contributed by atoms with Crippen molar-refractivity contribution in [1.82, 2.24) is 0 Å². The van der Waals surface area contributed by atoms with E-state index in [0.29, 0.717) is 11.1 Å². The van der Waals surface area contributed by atoms with Gasteiger partial charge in [0, 0.05) is 0 Å². The number of hydrogen-bond acceptors (Lipinski definition) is 5. The number of nitrogens with two attached hydrogens (primary N) is 2. The normalized spacial score (nSPS) is 13.2. The van der Waals surface area contributed by atoms with Gasteiger partial charge in [0.15, 0.2) is 0 Å². The summed E-state index contributed by atoms with van der Waals surface area (Å²) in [5.74, 6) is -1.64. The predicted molar refractivity (Wildman–Crippen MR) is 77.8 cm³/mol. The fraction of sp³-hybridized carbons (Fsp3) is 0.125. The quantitative estimate of drug-likeness (QED) is 0.654. The van der Waals surface area contributed by atoms with E-state index in [1.807, 2.05) is 0 Å². The van der Waals surface area contributed by atoms with Crippen LogP contribution in [0.4, 0.5) is 0 Å². The summed E-state index contributed by atoms with van der Waals surface area (Å²) in [5, 5.41) is 0. The van der Waals surface area contributed by atoms with Gasteiger partial charge in [-0.1, -0.05) is 60.7 Å². The second-order valence-corrected chi connectivity index (χ2v) is 4.52. The molecule has 0 heterocycles. The van der Waals surface area contributed by atoms with Gasteiger partial charge >= 0.3 is 11.9 Å². The van der Waals surface area contributed by atoms with Gasteiger partial charge in [-0.25, -0.2) is 9.59 Å². The fourth-order valence-corrected chi connectivity index (χ4v) is 1.82. The molecule has 2 atom stereocenters. The highest BCUT2D eigenvalue weighted by Crippen LogP contribution is 2.15. The van der Waals surface area contributed by atoms with Gasteiger partial charge in [0.05, 0.1) is 0 Å². The maximum Gasteiger partial charge on any atom is 0.335 e. The van der Waals surface area contributed by atoms with E-state index < -0.39 is 24.0 Å². The van der Waals surface area contributed by atoms with E-state index in [2.05, 4.69) is 0 Å². The first-order valence-corrected chi connectivity index (χ1v) is 6.46. The van der Waals surface area contributed by atoms with Crippen LogP contribution in [0.2, 0.25) is 0 Å². The molecule has 0 aliphatic heterocycles. The highest BCUT2D eigenvalue weighted by Gasteiger charge is 2.24. The zero-order valence-corrected chi connectivity index (χ0v) is 11.3. The number of rotatable bonds is 4. The van der Waals surface area contributed by atoms with Crippen molar-refractivity contribution < 1.29 is 14.3 Å². The third kappa shape index (κ3) is 3.75. The zero-order valence-electron chi connectivity index (χ0n) is 11.3. The van der Waals surface area contributed by atoms with E-state index >= 15 is 0 Å². The summed E-state index contributed by atoms with van der Waals surface area (Å²) in [6, 6.07) is 15.3. The van der Waals surface area contributed by atoms with Crippen molar-refractivity contribution in [2.24, 2.45) is 11.5 Å². The molecule has 2 aromatic carbocycles. The lowest BCUT2D eigenvalue weighted by molar-refractivity contribution is -0.161. The Hall–Kier alpha value is -2.50. The molecule has 0 saturated carbocycles. The average Bonchev–Trinajstić information content (AvgIpc) is 2.55. The van der Waals surface area contributed by atoms with E-state index in [-0.39, 0.29) is 0 Å². The van der Waals surface area contributed by atoms with Gasteiger partial charge in [0.25, 0.3) is 0 Å². The molecule has 0 amide bonds. The van der Waals surface area contributed by atoms with Crippen LogP contribution < -0.4 is 11.5 Å². The fourth-order valence-electron chi connectivity index (χ4n) is 1.82. The van der Waals surface area contributed by atoms with Crippen LogP contribution in [0.5, 0.6) is 0 Å². The molecular formula is C16H16N2O3. The molecule has 0 bridgehead atoms. The van der Waals surface area contributed by atoms with Crippen molar-refractivity contribution >= 4 is 11.9 Å². The Kier molecular flexibility index (Phi) is 4.81. The second-order valence-electron chi connectivity index (χ2n) is 4.52. The predicted octanol–water partition coefficient (Wildman–Crippen LogP) is 1.46. The Labute approximate surface area is 122 Å². The second kappa shape index (κ2) is 6.78. The molecular weight excluding hydrogens is 268 g/mol. The first-order chi connectivity index (χ1) is 10.1. The van der Waals surface area contributed by atoms with Crippen LogP contribution >= 0.6 is 0 Å². The Balaban J connectivity index is 2.01. The topological polar surface area (TPSA) is 95.4 Å². The molecule has 2 unspecified atom stereocenters. The Morgan fingerprint density at radius 3 is 1.38 bits per heavy atom. The van der Waals surface area contributed by atoms with Crippen molar-refractivity contribution in [3.8, 4) is 0 Å². The van der Waals surface area contributed by atoms with Crippen molar-refractivity contribution in [1.29, 1.82) is 0 Å². The molecule has 0 radical (unpaired) electrons. The van der Waals surface area contributed by atoms with Crippen LogP contribution in [-0.2, 0) is 14.3 Å². The van der Waals surface area contributed by atoms with Crippen molar-refractivity contribution in [3.63, 3.8) is 0 Å². The smallest absolute Gasteiger partial charge is 0.335 e. The van der Waals surface area contributed by atoms with Crippen LogP contribution in [0, 0.1) is 0 Å². The van der Waals surface area contributed by atoms with E-state index in [9.17, 15) is 9.59 Å². The van der Waals surface area contributed by atoms with Crippen LogP contribution in [0.1, 0.15) is 23.2 Å². The number of carbonyl (C=O) groups is 2. The van der Waals surface area contributed by atoms with Crippen molar-refractivity contribution in [2.45, 2.75) is 12.1 Å². The summed E-state index contributed by atoms with van der Waals surface area (Å²) in [7, 11) is 0. The van der Waals surface area contributed by atoms with Crippen molar-refractivity contribution in [3.05, 3.63) is 71.8 Å². The average molecular weight is 284 g/mol. The maximum atomic E-state index is 11.9. The summed E-state index contributed by atoms with van der Waals surface area (Å²) in [6.07, 6.45) is 0. The maximum absolute atomic E-state index is 11.9. The minimum Gasteiger partial charge on any atom is -0.390 e. The molecule has 5 heteroatoms. The number of esters is 2. The van der Waals surface area contributed by atoms with Crippen LogP contribution in [0.15, 0.2) is 60.7 Å². The zero-order chi connectivity index (χ0) is 15.2. The Morgan fingerprint density at radius 2 is 1.05 bits per heavy atom. The van der Waals surface area contributed by atoms with Crippen LogP contribution in [0.25, 0.3) is 0 Å². The standard InChI is InChI=1S/C16H16N2O3/c17-13(11-7-3-1-4-8-11)15(19)21-16(20)14(18)12-9-5-2-6-10-12/h1-10,13-14H,17-18H2. The van der Waals surface area contributed by atoms with Gasteiger partial charge < -0.3 is 16.2 Å². The first-order valence-electron chi connectivity index (χ1n) is 6.46. The van der Waals surface area contributed by atoms with Crippen molar-refractivity contribution in [2.75, 3.05) is 0 Å². The molecule has 2 rings (SSSR count). The highest BCUT2D eigenvalue weighted by molar-refractivity contribution is 5.91. The minimum atomic E-state index is -1.02. The SMILES string of the molecule is NC(C(=O)OC(=O)C(N)c1ccccc1)c1ccccc1. The van der Waals surface area contributed by atoms with Gasteiger partial charge in [-0.15, -0.1) is 0 Å². The van der Waals surface area contributed by atoms with Gasteiger partial charge in [-0.05, 0) is 11.1 Å². The molecule has 0 aliphatic rings. The number of hydrogen-bond donors (Lipinski definition) is 2. The molecule has 0 aromatic heterocycles. The van der Waals surface area contributed by atoms with E-state index in [1.54, 1.807) is 60.7 Å². The summed E-state index contributed by atoms with van der Waals surface area (Å²) in [4.78, 5) is 23.7. The molecule has 0 spiro atoms. The molecule has 108 valence electrons. The number of ether oxygens (including phenoxy) is 1. The molecule has 0 saturated heterocycles. The Bertz CT molecular complexity index is 558. The largest absolute Gasteiger partial charge is 0.390 e. The summed E-state index contributed by atoms with van der Waals surface area (Å²) in [5.41, 5.74) is 12.7. The summed E-state index contributed by atoms with van der Waals surface area (Å²) in [6.45, 7) is 0. The summed E-state index contributed by atoms with van der Waals surface area (Å²) < 4.78 is 4.75. The molecule has 4 N–H and O–H groups in total. The molecule has 21 heavy (non-hydrogen) atoms. The lowest BCUT2D eigenvalue weighted by Gasteiger charge is -2.14. The van der Waals surface area contributed by atoms with E-state index in [4.69, 9.17) is 16.2 Å². The lowest BCUT2D eigenvalue weighted by Crippen LogP contribution is -2.31. The van der Waals surface area contributed by atoms with Gasteiger partial charge in [0.2, 0.25) is 0 Å². The monoisotopic (exact) mass is 284 g/mol. The van der Waals surface area contributed by atoms with Gasteiger partial charge in [0.1, 0.15) is 12.1 Å². The van der Waals surface area contributed by atoms with Gasteiger partial charge in [-0.3, -0.25) is 0 Å².